The number of alkyl halides is 1. The summed E-state index contributed by atoms with van der Waals surface area (Å²) in [6.07, 6.45) is 6.55. The van der Waals surface area contributed by atoms with E-state index in [0.717, 1.165) is 35.5 Å². The van der Waals surface area contributed by atoms with Crippen LogP contribution in [0.15, 0.2) is 24.7 Å². The van der Waals surface area contributed by atoms with Crippen molar-refractivity contribution in [1.82, 2.24) is 29.4 Å². The summed E-state index contributed by atoms with van der Waals surface area (Å²) in [5, 5.41) is 9.33. The largest absolute Gasteiger partial charge is 0.479 e. The van der Waals surface area contributed by atoms with Gasteiger partial charge < -0.3 is 14.4 Å². The van der Waals surface area contributed by atoms with Gasteiger partial charge in [-0.15, -0.1) is 0 Å². The van der Waals surface area contributed by atoms with Crippen LogP contribution in [0, 0.1) is 11.7 Å². The summed E-state index contributed by atoms with van der Waals surface area (Å²) in [6.45, 7) is 3.05. The number of hydrogen-bond donors (Lipinski definition) is 0. The molecule has 5 heterocycles. The topological polar surface area (TPSA) is 70.2 Å². The number of aromatic nitrogens is 5. The van der Waals surface area contributed by atoms with Crippen molar-refractivity contribution in [2.45, 2.75) is 32.0 Å². The lowest BCUT2D eigenvalue weighted by atomic mass is 9.95. The van der Waals surface area contributed by atoms with Crippen LogP contribution < -0.4 is 4.74 Å². The lowest BCUT2D eigenvalue weighted by Gasteiger charge is -2.32. The number of methoxy groups -OCH3 is 1. The first-order valence-electron chi connectivity index (χ1n) is 11.3. The SMILES string of the molecule is COc1ncc(-n2nc(-c3cnn(CC4CCN(C)CC4F)c3)c3c2CCOCC3)cc1F. The van der Waals surface area contributed by atoms with Crippen molar-refractivity contribution in [3.05, 3.63) is 41.7 Å². The first kappa shape index (κ1) is 22.0. The Morgan fingerprint density at radius 1 is 1.24 bits per heavy atom. The smallest absolute Gasteiger partial charge is 0.250 e. The number of halogens is 2. The van der Waals surface area contributed by atoms with Crippen LogP contribution in [0.3, 0.4) is 0 Å². The fourth-order valence-electron chi connectivity index (χ4n) is 4.71. The second-order valence-electron chi connectivity index (χ2n) is 8.76. The molecular formula is C23H28F2N6O2. The van der Waals surface area contributed by atoms with Crippen LogP contribution in [-0.4, -0.2) is 76.1 Å². The monoisotopic (exact) mass is 458 g/mol. The van der Waals surface area contributed by atoms with Gasteiger partial charge in [0.25, 0.3) is 0 Å². The summed E-state index contributed by atoms with van der Waals surface area (Å²) >= 11 is 0. The molecule has 10 heteroatoms. The summed E-state index contributed by atoms with van der Waals surface area (Å²) in [4.78, 5) is 6.09. The maximum atomic E-state index is 14.5. The number of hydrogen-bond acceptors (Lipinski definition) is 6. The average Bonchev–Trinajstić information content (AvgIpc) is 3.32. The fourth-order valence-corrected chi connectivity index (χ4v) is 4.71. The lowest BCUT2D eigenvalue weighted by Crippen LogP contribution is -2.41. The molecule has 0 amide bonds. The zero-order chi connectivity index (χ0) is 22.9. The fraction of sp³-hybridized carbons (Fsp3) is 0.522. The molecule has 1 fully saturated rings. The van der Waals surface area contributed by atoms with Gasteiger partial charge in [0.05, 0.1) is 49.8 Å². The Bertz CT molecular complexity index is 1130. The highest BCUT2D eigenvalue weighted by atomic mass is 19.1. The zero-order valence-corrected chi connectivity index (χ0v) is 18.9. The third kappa shape index (κ3) is 4.37. The number of likely N-dealkylation sites (tertiary alicyclic amines) is 1. The van der Waals surface area contributed by atoms with E-state index in [1.165, 1.54) is 13.2 Å². The summed E-state index contributed by atoms with van der Waals surface area (Å²) in [7, 11) is 3.33. The molecule has 8 nitrogen and oxygen atoms in total. The Morgan fingerprint density at radius 3 is 2.88 bits per heavy atom. The highest BCUT2D eigenvalue weighted by Crippen LogP contribution is 2.31. The first-order valence-corrected chi connectivity index (χ1v) is 11.3. The highest BCUT2D eigenvalue weighted by molar-refractivity contribution is 5.64. The van der Waals surface area contributed by atoms with Gasteiger partial charge in [0.15, 0.2) is 5.82 Å². The second kappa shape index (κ2) is 9.18. The minimum Gasteiger partial charge on any atom is -0.479 e. The summed E-state index contributed by atoms with van der Waals surface area (Å²) in [6, 6.07) is 1.37. The first-order chi connectivity index (χ1) is 16.0. The number of pyridine rings is 1. The number of rotatable bonds is 5. The molecule has 3 aromatic rings. The molecule has 1 saturated heterocycles. The lowest BCUT2D eigenvalue weighted by molar-refractivity contribution is 0.0897. The van der Waals surface area contributed by atoms with Gasteiger partial charge in [-0.2, -0.15) is 10.2 Å². The summed E-state index contributed by atoms with van der Waals surface area (Å²) in [5.41, 5.74) is 4.21. The molecule has 2 aliphatic heterocycles. The van der Waals surface area contributed by atoms with Crippen LogP contribution in [0.2, 0.25) is 0 Å². The van der Waals surface area contributed by atoms with E-state index in [1.807, 2.05) is 22.8 Å². The number of piperidine rings is 1. The third-order valence-electron chi connectivity index (χ3n) is 6.51. The molecular weight excluding hydrogens is 430 g/mol. The van der Waals surface area contributed by atoms with E-state index in [-0.39, 0.29) is 11.8 Å². The normalized spacial score (nSPS) is 21.6. The molecule has 0 bridgehead atoms. The highest BCUT2D eigenvalue weighted by Gasteiger charge is 2.28. The third-order valence-corrected chi connectivity index (χ3v) is 6.51. The van der Waals surface area contributed by atoms with Crippen molar-refractivity contribution in [3.63, 3.8) is 0 Å². The van der Waals surface area contributed by atoms with E-state index in [1.54, 1.807) is 17.1 Å². The van der Waals surface area contributed by atoms with Gasteiger partial charge in [-0.05, 0) is 26.4 Å². The Hall–Kier alpha value is -2.85. The van der Waals surface area contributed by atoms with Crippen LogP contribution in [0.4, 0.5) is 8.78 Å². The molecule has 0 aromatic carbocycles. The molecule has 0 aliphatic carbocycles. The molecule has 2 aliphatic rings. The molecule has 0 radical (unpaired) electrons. The molecule has 2 unspecified atom stereocenters. The van der Waals surface area contributed by atoms with Crippen molar-refractivity contribution in [1.29, 1.82) is 0 Å². The minimum atomic E-state index is -0.860. The van der Waals surface area contributed by atoms with E-state index < -0.39 is 12.0 Å². The zero-order valence-electron chi connectivity index (χ0n) is 18.9. The van der Waals surface area contributed by atoms with Crippen LogP contribution in [0.1, 0.15) is 17.7 Å². The molecule has 33 heavy (non-hydrogen) atoms. The summed E-state index contributed by atoms with van der Waals surface area (Å²) < 4.78 is 43.0. The van der Waals surface area contributed by atoms with Crippen molar-refractivity contribution in [3.8, 4) is 22.8 Å². The van der Waals surface area contributed by atoms with Gasteiger partial charge in [-0.25, -0.2) is 18.4 Å². The van der Waals surface area contributed by atoms with E-state index in [9.17, 15) is 8.78 Å². The Kier molecular flexibility index (Phi) is 6.11. The van der Waals surface area contributed by atoms with Gasteiger partial charge >= 0.3 is 0 Å². The molecule has 0 N–H and O–H groups in total. The van der Waals surface area contributed by atoms with E-state index in [0.29, 0.717) is 44.8 Å². The van der Waals surface area contributed by atoms with Crippen molar-refractivity contribution < 1.29 is 18.3 Å². The number of ether oxygens (including phenoxy) is 2. The van der Waals surface area contributed by atoms with Crippen LogP contribution >= 0.6 is 0 Å². The van der Waals surface area contributed by atoms with Crippen molar-refractivity contribution in [2.75, 3.05) is 40.5 Å². The van der Waals surface area contributed by atoms with Crippen LogP contribution in [-0.2, 0) is 24.1 Å². The Balaban J connectivity index is 1.47. The van der Waals surface area contributed by atoms with Gasteiger partial charge in [0.2, 0.25) is 5.88 Å². The molecule has 176 valence electrons. The molecule has 3 aromatic heterocycles. The van der Waals surface area contributed by atoms with Gasteiger partial charge in [-0.1, -0.05) is 0 Å². The predicted octanol–water partition coefficient (Wildman–Crippen LogP) is 2.68. The molecule has 0 spiro atoms. The maximum absolute atomic E-state index is 14.5. The van der Waals surface area contributed by atoms with Crippen LogP contribution in [0.25, 0.3) is 16.9 Å². The second-order valence-corrected chi connectivity index (χ2v) is 8.76. The minimum absolute atomic E-state index is 0.0506. The van der Waals surface area contributed by atoms with E-state index >= 15 is 0 Å². The van der Waals surface area contributed by atoms with Crippen LogP contribution in [0.5, 0.6) is 5.88 Å². The number of nitrogens with zero attached hydrogens (tertiary/aromatic N) is 6. The quantitative estimate of drug-likeness (QED) is 0.586. The van der Waals surface area contributed by atoms with Crippen molar-refractivity contribution in [2.24, 2.45) is 5.92 Å². The Labute approximate surface area is 191 Å². The maximum Gasteiger partial charge on any atom is 0.250 e. The van der Waals surface area contributed by atoms with Gasteiger partial charge in [0, 0.05) is 48.8 Å². The van der Waals surface area contributed by atoms with Gasteiger partial charge in [0.1, 0.15) is 6.17 Å². The Morgan fingerprint density at radius 2 is 2.09 bits per heavy atom. The predicted molar refractivity (Wildman–Crippen MR) is 118 cm³/mol. The standard InChI is InChI=1S/C23H28F2N6O2/c1-29-6-3-15(20(25)14-29)12-30-13-16(10-27-30)22-18-4-7-33-8-5-21(18)31(28-22)17-9-19(24)23(32-2)26-11-17/h9-11,13,15,20H,3-8,12,14H2,1-2H3. The van der Waals surface area contributed by atoms with E-state index in [2.05, 4.69) is 10.1 Å². The van der Waals surface area contributed by atoms with Gasteiger partial charge in [-0.3, -0.25) is 4.68 Å². The number of fused-ring (bicyclic) bond motifs is 1. The van der Waals surface area contributed by atoms with Crippen molar-refractivity contribution >= 4 is 0 Å². The average molecular weight is 459 g/mol. The molecule has 5 rings (SSSR count). The summed E-state index contributed by atoms with van der Waals surface area (Å²) in [5.74, 6) is -0.648. The molecule has 0 saturated carbocycles. The molecule has 2 atom stereocenters. The van der Waals surface area contributed by atoms with E-state index in [4.69, 9.17) is 14.6 Å².